The molecule has 0 aromatic carbocycles. The van der Waals surface area contributed by atoms with Crippen LogP contribution in [0.5, 0.6) is 0 Å². The van der Waals surface area contributed by atoms with Crippen LogP contribution in [0, 0.1) is 0 Å². The molecular weight excluding hydrogens is 258 g/mol. The van der Waals surface area contributed by atoms with Gasteiger partial charge in [0, 0.05) is 31.6 Å². The molecule has 2 aliphatic heterocycles. The van der Waals surface area contributed by atoms with Crippen LogP contribution in [0.2, 0.25) is 0 Å². The van der Waals surface area contributed by atoms with Gasteiger partial charge in [0.15, 0.2) is 0 Å². The summed E-state index contributed by atoms with van der Waals surface area (Å²) >= 11 is 3.48. The first-order valence-corrected chi connectivity index (χ1v) is 7.02. The van der Waals surface area contributed by atoms with Crippen molar-refractivity contribution in [3.63, 3.8) is 0 Å². The van der Waals surface area contributed by atoms with E-state index in [-0.39, 0.29) is 0 Å². The highest BCUT2D eigenvalue weighted by Crippen LogP contribution is 2.16. The number of hydrogen-bond acceptors (Lipinski definition) is 3. The molecule has 0 saturated carbocycles. The van der Waals surface area contributed by atoms with Gasteiger partial charge >= 0.3 is 0 Å². The Morgan fingerprint density at radius 3 is 2.80 bits per heavy atom. The van der Waals surface area contributed by atoms with Crippen molar-refractivity contribution < 1.29 is 9.47 Å². The monoisotopic (exact) mass is 277 g/mol. The maximum absolute atomic E-state index is 5.63. The molecule has 2 saturated heterocycles. The van der Waals surface area contributed by atoms with Gasteiger partial charge in [-0.05, 0) is 19.3 Å². The standard InChI is InChI=1S/C11H20BrNO2/c12-8-11-9-13(5-7-15-11)4-3-10-2-1-6-14-10/h10-11H,1-9H2. The van der Waals surface area contributed by atoms with Crippen LogP contribution in [0.1, 0.15) is 19.3 Å². The Morgan fingerprint density at radius 1 is 1.20 bits per heavy atom. The maximum Gasteiger partial charge on any atom is 0.0799 e. The van der Waals surface area contributed by atoms with Gasteiger partial charge in [-0.3, -0.25) is 4.90 Å². The lowest BCUT2D eigenvalue weighted by molar-refractivity contribution is -0.0202. The molecule has 0 aliphatic carbocycles. The lowest BCUT2D eigenvalue weighted by atomic mass is 10.1. The molecule has 0 N–H and O–H groups in total. The van der Waals surface area contributed by atoms with E-state index >= 15 is 0 Å². The summed E-state index contributed by atoms with van der Waals surface area (Å²) in [4.78, 5) is 2.50. The number of ether oxygens (including phenoxy) is 2. The number of rotatable bonds is 4. The summed E-state index contributed by atoms with van der Waals surface area (Å²) in [7, 11) is 0. The van der Waals surface area contributed by atoms with Gasteiger partial charge in [-0.1, -0.05) is 15.9 Å². The molecule has 2 unspecified atom stereocenters. The summed E-state index contributed by atoms with van der Waals surface area (Å²) in [5.41, 5.74) is 0. The smallest absolute Gasteiger partial charge is 0.0799 e. The quantitative estimate of drug-likeness (QED) is 0.730. The number of alkyl halides is 1. The van der Waals surface area contributed by atoms with Crippen LogP contribution in [-0.2, 0) is 9.47 Å². The SMILES string of the molecule is BrCC1CN(CCC2CCCO2)CCO1. The summed E-state index contributed by atoms with van der Waals surface area (Å²) in [5, 5.41) is 0.948. The fourth-order valence-corrected chi connectivity index (χ4v) is 2.67. The molecule has 2 heterocycles. The van der Waals surface area contributed by atoms with Crippen molar-refractivity contribution in [2.45, 2.75) is 31.5 Å². The second-order valence-corrected chi connectivity index (χ2v) is 5.02. The van der Waals surface area contributed by atoms with E-state index < -0.39 is 0 Å². The number of halogens is 1. The van der Waals surface area contributed by atoms with Gasteiger partial charge in [0.1, 0.15) is 0 Å². The fraction of sp³-hybridized carbons (Fsp3) is 1.00. The number of morpholine rings is 1. The maximum atomic E-state index is 5.63. The molecule has 0 spiro atoms. The third-order valence-corrected chi connectivity index (χ3v) is 3.91. The first kappa shape index (κ1) is 11.8. The van der Waals surface area contributed by atoms with Gasteiger partial charge in [-0.15, -0.1) is 0 Å². The van der Waals surface area contributed by atoms with Gasteiger partial charge in [-0.2, -0.15) is 0 Å². The van der Waals surface area contributed by atoms with E-state index in [1.807, 2.05) is 0 Å². The molecule has 0 aromatic heterocycles. The Bertz CT molecular complexity index is 185. The van der Waals surface area contributed by atoms with Crippen molar-refractivity contribution in [1.29, 1.82) is 0 Å². The van der Waals surface area contributed by atoms with Crippen molar-refractivity contribution in [2.75, 3.05) is 38.2 Å². The van der Waals surface area contributed by atoms with Crippen molar-refractivity contribution in [1.82, 2.24) is 4.90 Å². The Morgan fingerprint density at radius 2 is 2.07 bits per heavy atom. The van der Waals surface area contributed by atoms with Crippen LogP contribution in [0.3, 0.4) is 0 Å². The average Bonchev–Trinajstić information content (AvgIpc) is 2.79. The van der Waals surface area contributed by atoms with E-state index in [1.165, 1.54) is 19.3 Å². The lowest BCUT2D eigenvalue weighted by Crippen LogP contribution is -2.44. The van der Waals surface area contributed by atoms with Crippen molar-refractivity contribution in [2.24, 2.45) is 0 Å². The summed E-state index contributed by atoms with van der Waals surface area (Å²) < 4.78 is 11.2. The lowest BCUT2D eigenvalue weighted by Gasteiger charge is -2.32. The van der Waals surface area contributed by atoms with Gasteiger partial charge in [0.05, 0.1) is 18.8 Å². The Kier molecular flexibility index (Phi) is 4.88. The largest absolute Gasteiger partial charge is 0.378 e. The topological polar surface area (TPSA) is 21.7 Å². The van der Waals surface area contributed by atoms with E-state index in [0.717, 1.165) is 38.2 Å². The van der Waals surface area contributed by atoms with E-state index in [2.05, 4.69) is 20.8 Å². The molecule has 0 radical (unpaired) electrons. The second-order valence-electron chi connectivity index (χ2n) is 4.37. The molecular formula is C11H20BrNO2. The molecule has 2 aliphatic rings. The number of nitrogens with zero attached hydrogens (tertiary/aromatic N) is 1. The molecule has 15 heavy (non-hydrogen) atoms. The highest BCUT2D eigenvalue weighted by atomic mass is 79.9. The fourth-order valence-electron chi connectivity index (χ4n) is 2.28. The Balaban J connectivity index is 1.65. The first-order chi connectivity index (χ1) is 7.38. The third-order valence-electron chi connectivity index (χ3n) is 3.19. The molecule has 0 bridgehead atoms. The number of hydrogen-bond donors (Lipinski definition) is 0. The minimum absolute atomic E-state index is 0.378. The van der Waals surface area contributed by atoms with E-state index in [1.54, 1.807) is 0 Å². The van der Waals surface area contributed by atoms with E-state index in [4.69, 9.17) is 9.47 Å². The summed E-state index contributed by atoms with van der Waals surface area (Å²) in [6, 6.07) is 0. The average molecular weight is 278 g/mol. The summed E-state index contributed by atoms with van der Waals surface area (Å²) in [6.07, 6.45) is 4.59. The van der Waals surface area contributed by atoms with Crippen molar-refractivity contribution in [3.8, 4) is 0 Å². The normalized spacial score (nSPS) is 33.4. The van der Waals surface area contributed by atoms with Crippen LogP contribution in [-0.4, -0.2) is 55.3 Å². The van der Waals surface area contributed by atoms with Gasteiger partial charge < -0.3 is 9.47 Å². The predicted molar refractivity (Wildman–Crippen MR) is 63.6 cm³/mol. The summed E-state index contributed by atoms with van der Waals surface area (Å²) in [5.74, 6) is 0. The summed E-state index contributed by atoms with van der Waals surface area (Å²) in [6.45, 7) is 5.16. The predicted octanol–water partition coefficient (Wildman–Crippen LogP) is 1.65. The zero-order chi connectivity index (χ0) is 10.5. The van der Waals surface area contributed by atoms with Crippen molar-refractivity contribution >= 4 is 15.9 Å². The molecule has 2 atom stereocenters. The first-order valence-electron chi connectivity index (χ1n) is 5.90. The van der Waals surface area contributed by atoms with Crippen LogP contribution in [0.4, 0.5) is 0 Å². The molecule has 4 heteroatoms. The van der Waals surface area contributed by atoms with Crippen LogP contribution in [0.15, 0.2) is 0 Å². The van der Waals surface area contributed by atoms with Crippen molar-refractivity contribution in [3.05, 3.63) is 0 Å². The molecule has 2 fully saturated rings. The molecule has 0 aromatic rings. The van der Waals surface area contributed by atoms with Crippen LogP contribution >= 0.6 is 15.9 Å². The van der Waals surface area contributed by atoms with E-state index in [0.29, 0.717) is 12.2 Å². The van der Waals surface area contributed by atoms with Crippen LogP contribution in [0.25, 0.3) is 0 Å². The van der Waals surface area contributed by atoms with E-state index in [9.17, 15) is 0 Å². The van der Waals surface area contributed by atoms with Crippen LogP contribution < -0.4 is 0 Å². The second kappa shape index (κ2) is 6.18. The molecule has 2 rings (SSSR count). The minimum Gasteiger partial charge on any atom is -0.378 e. The Labute approximate surface area is 100 Å². The van der Waals surface area contributed by atoms with Gasteiger partial charge in [-0.25, -0.2) is 0 Å². The van der Waals surface area contributed by atoms with Gasteiger partial charge in [0.25, 0.3) is 0 Å². The minimum atomic E-state index is 0.378. The zero-order valence-electron chi connectivity index (χ0n) is 9.16. The zero-order valence-corrected chi connectivity index (χ0v) is 10.7. The molecule has 3 nitrogen and oxygen atoms in total. The highest BCUT2D eigenvalue weighted by Gasteiger charge is 2.21. The highest BCUT2D eigenvalue weighted by molar-refractivity contribution is 9.09. The molecule has 0 amide bonds. The van der Waals surface area contributed by atoms with Gasteiger partial charge in [0.2, 0.25) is 0 Å². The molecule has 88 valence electrons. The third kappa shape index (κ3) is 3.70. The Hall–Kier alpha value is 0.360.